The third kappa shape index (κ3) is 6.56. The second kappa shape index (κ2) is 13.5. The van der Waals surface area contributed by atoms with Crippen molar-refractivity contribution in [1.29, 1.82) is 0 Å². The predicted molar refractivity (Wildman–Crippen MR) is 165 cm³/mol. The molecule has 0 aliphatic heterocycles. The van der Waals surface area contributed by atoms with E-state index in [1.54, 1.807) is 4.52 Å². The molecule has 0 spiro atoms. The molecule has 3 aromatic carbocycles. The maximum atomic E-state index is 13.1. The molecule has 0 aliphatic rings. The molecule has 2 heterocycles. The molecule has 0 saturated heterocycles. The second-order valence-corrected chi connectivity index (χ2v) is 10.2. The number of rotatable bonds is 12. The number of amides is 1. The van der Waals surface area contributed by atoms with Crippen molar-refractivity contribution in [2.45, 2.75) is 26.9 Å². The average Bonchev–Trinajstić information content (AvgIpc) is 3.41. The van der Waals surface area contributed by atoms with Crippen LogP contribution in [-0.2, 0) is 13.1 Å². The number of nitrogens with zero attached hydrogens (tertiary/aromatic N) is 3. The molecule has 9 nitrogen and oxygen atoms in total. The van der Waals surface area contributed by atoms with Gasteiger partial charge >= 0.3 is 0 Å². The lowest BCUT2D eigenvalue weighted by Gasteiger charge is -2.17. The standard InChI is InChI=1S/C33H36N6O3/c1-22-27(26-13-16-39-32(19-26)37-31(38-39)21-35-15-18-41)5-3-6-28(22)29-7-4-8-30(23(29)2)36-33(42)25-11-9-24(10-12-25)20-34-14-17-40/h3-13,16,19,34-35,40-41H,14-15,17-18,20-21H2,1-2H3,(H,36,42). The molecule has 9 heteroatoms. The van der Waals surface area contributed by atoms with Gasteiger partial charge in [0.25, 0.3) is 5.91 Å². The van der Waals surface area contributed by atoms with Gasteiger partial charge < -0.3 is 26.2 Å². The highest BCUT2D eigenvalue weighted by atomic mass is 16.3. The quantitative estimate of drug-likeness (QED) is 0.145. The summed E-state index contributed by atoms with van der Waals surface area (Å²) in [5.41, 5.74) is 9.56. The molecular weight excluding hydrogens is 528 g/mol. The van der Waals surface area contributed by atoms with Crippen molar-refractivity contribution in [2.24, 2.45) is 0 Å². The summed E-state index contributed by atoms with van der Waals surface area (Å²) in [6, 6.07) is 23.8. The van der Waals surface area contributed by atoms with Crippen LogP contribution >= 0.6 is 0 Å². The number of nitrogens with one attached hydrogen (secondary N) is 3. The van der Waals surface area contributed by atoms with E-state index >= 15 is 0 Å². The maximum absolute atomic E-state index is 13.1. The molecule has 5 N–H and O–H groups in total. The summed E-state index contributed by atoms with van der Waals surface area (Å²) < 4.78 is 1.76. The third-order valence-corrected chi connectivity index (χ3v) is 7.30. The van der Waals surface area contributed by atoms with Crippen molar-refractivity contribution in [1.82, 2.24) is 25.2 Å². The molecule has 1 amide bonds. The summed E-state index contributed by atoms with van der Waals surface area (Å²) in [4.78, 5) is 17.7. The number of carbonyl (C=O) groups is 1. The van der Waals surface area contributed by atoms with Gasteiger partial charge in [0, 0.05) is 37.1 Å². The Bertz CT molecular complexity index is 1680. The Balaban J connectivity index is 1.37. The summed E-state index contributed by atoms with van der Waals surface area (Å²) in [5, 5.41) is 31.8. The predicted octanol–water partition coefficient (Wildman–Crippen LogP) is 4.10. The molecule has 5 rings (SSSR count). The van der Waals surface area contributed by atoms with E-state index in [1.807, 2.05) is 61.7 Å². The van der Waals surface area contributed by atoms with Crippen LogP contribution in [0.3, 0.4) is 0 Å². The van der Waals surface area contributed by atoms with Gasteiger partial charge in [0.1, 0.15) is 0 Å². The van der Waals surface area contributed by atoms with E-state index in [0.717, 1.165) is 50.3 Å². The first-order chi connectivity index (χ1) is 20.5. The molecule has 216 valence electrons. The average molecular weight is 565 g/mol. The molecule has 2 aromatic heterocycles. The van der Waals surface area contributed by atoms with E-state index in [-0.39, 0.29) is 19.1 Å². The number of hydrogen-bond acceptors (Lipinski definition) is 7. The van der Waals surface area contributed by atoms with Crippen molar-refractivity contribution in [3.63, 3.8) is 0 Å². The fourth-order valence-electron chi connectivity index (χ4n) is 5.03. The van der Waals surface area contributed by atoms with Crippen molar-refractivity contribution in [3.05, 3.63) is 107 Å². The van der Waals surface area contributed by atoms with Gasteiger partial charge in [0.2, 0.25) is 0 Å². The van der Waals surface area contributed by atoms with Crippen LogP contribution in [0, 0.1) is 13.8 Å². The number of aliphatic hydroxyl groups excluding tert-OH is 2. The molecule has 42 heavy (non-hydrogen) atoms. The normalized spacial score (nSPS) is 11.2. The lowest BCUT2D eigenvalue weighted by molar-refractivity contribution is 0.102. The van der Waals surface area contributed by atoms with Crippen LogP contribution in [0.25, 0.3) is 27.9 Å². The van der Waals surface area contributed by atoms with Crippen molar-refractivity contribution >= 4 is 17.2 Å². The van der Waals surface area contributed by atoms with Crippen LogP contribution in [0.1, 0.15) is 32.9 Å². The molecular formula is C33H36N6O3. The third-order valence-electron chi connectivity index (χ3n) is 7.30. The fourth-order valence-corrected chi connectivity index (χ4v) is 5.03. The minimum absolute atomic E-state index is 0.0705. The van der Waals surface area contributed by atoms with E-state index in [4.69, 9.17) is 10.2 Å². The fraction of sp³-hybridized carbons (Fsp3) is 0.242. The Hall–Kier alpha value is -4.41. The topological polar surface area (TPSA) is 124 Å². The first kappa shape index (κ1) is 29.1. The molecule has 5 aromatic rings. The highest BCUT2D eigenvalue weighted by molar-refractivity contribution is 6.05. The summed E-state index contributed by atoms with van der Waals surface area (Å²) in [6.07, 6.45) is 1.92. The zero-order valence-electron chi connectivity index (χ0n) is 23.9. The van der Waals surface area contributed by atoms with E-state index in [0.29, 0.717) is 37.6 Å². The van der Waals surface area contributed by atoms with Gasteiger partial charge in [-0.1, -0.05) is 42.5 Å². The van der Waals surface area contributed by atoms with Gasteiger partial charge in [-0.15, -0.1) is 5.10 Å². The van der Waals surface area contributed by atoms with Crippen LogP contribution in [0.15, 0.2) is 79.0 Å². The number of hydrogen-bond donors (Lipinski definition) is 5. The number of aromatic nitrogens is 3. The number of anilines is 1. The van der Waals surface area contributed by atoms with E-state index in [1.165, 1.54) is 0 Å². The maximum Gasteiger partial charge on any atom is 0.255 e. The lowest BCUT2D eigenvalue weighted by atomic mass is 9.90. The monoisotopic (exact) mass is 564 g/mol. The van der Waals surface area contributed by atoms with Crippen LogP contribution in [0.5, 0.6) is 0 Å². The molecule has 0 aliphatic carbocycles. The summed E-state index contributed by atoms with van der Waals surface area (Å²) in [5.74, 6) is 0.509. The van der Waals surface area contributed by atoms with Gasteiger partial charge in [-0.05, 0) is 83.1 Å². The first-order valence-electron chi connectivity index (χ1n) is 14.1. The SMILES string of the molecule is Cc1c(NC(=O)c2ccc(CNCCO)cc2)cccc1-c1cccc(-c2ccn3nc(CNCCO)nc3c2)c1C. The Labute approximate surface area is 245 Å². The number of fused-ring (bicyclic) bond motifs is 1. The Morgan fingerprint density at radius 3 is 2.21 bits per heavy atom. The Morgan fingerprint density at radius 2 is 1.48 bits per heavy atom. The summed E-state index contributed by atoms with van der Waals surface area (Å²) in [6.45, 7) is 6.46. The van der Waals surface area contributed by atoms with Gasteiger partial charge in [0.15, 0.2) is 11.5 Å². The van der Waals surface area contributed by atoms with Crippen molar-refractivity contribution < 1.29 is 15.0 Å². The van der Waals surface area contributed by atoms with Crippen LogP contribution in [0.2, 0.25) is 0 Å². The molecule has 0 fully saturated rings. The van der Waals surface area contributed by atoms with E-state index in [2.05, 4.69) is 57.2 Å². The number of carbonyl (C=O) groups excluding carboxylic acids is 1. The van der Waals surface area contributed by atoms with Crippen LogP contribution in [-0.4, -0.2) is 57.0 Å². The first-order valence-corrected chi connectivity index (χ1v) is 14.1. The highest BCUT2D eigenvalue weighted by Crippen LogP contribution is 2.35. The number of pyridine rings is 1. The Morgan fingerprint density at radius 1 is 0.810 bits per heavy atom. The van der Waals surface area contributed by atoms with E-state index < -0.39 is 0 Å². The van der Waals surface area contributed by atoms with Gasteiger partial charge in [-0.3, -0.25) is 4.79 Å². The molecule has 0 atom stereocenters. The summed E-state index contributed by atoms with van der Waals surface area (Å²) in [7, 11) is 0. The van der Waals surface area contributed by atoms with E-state index in [9.17, 15) is 4.79 Å². The van der Waals surface area contributed by atoms with Crippen LogP contribution < -0.4 is 16.0 Å². The minimum atomic E-state index is -0.164. The molecule has 0 saturated carbocycles. The largest absolute Gasteiger partial charge is 0.395 e. The van der Waals surface area contributed by atoms with Gasteiger partial charge in [0.05, 0.1) is 19.8 Å². The van der Waals surface area contributed by atoms with Crippen molar-refractivity contribution in [3.8, 4) is 22.3 Å². The number of aliphatic hydroxyl groups is 2. The van der Waals surface area contributed by atoms with Gasteiger partial charge in [-0.25, -0.2) is 9.50 Å². The van der Waals surface area contributed by atoms with Gasteiger partial charge in [-0.2, -0.15) is 0 Å². The minimum Gasteiger partial charge on any atom is -0.395 e. The molecule has 0 radical (unpaired) electrons. The molecule has 0 bridgehead atoms. The smallest absolute Gasteiger partial charge is 0.255 e. The zero-order chi connectivity index (χ0) is 29.5. The zero-order valence-corrected chi connectivity index (χ0v) is 23.9. The Kier molecular flexibility index (Phi) is 9.35. The number of benzene rings is 3. The van der Waals surface area contributed by atoms with Crippen LogP contribution in [0.4, 0.5) is 5.69 Å². The highest BCUT2D eigenvalue weighted by Gasteiger charge is 2.15. The second-order valence-electron chi connectivity index (χ2n) is 10.2. The molecule has 0 unspecified atom stereocenters. The lowest BCUT2D eigenvalue weighted by Crippen LogP contribution is -2.18. The van der Waals surface area contributed by atoms with Crippen molar-refractivity contribution in [2.75, 3.05) is 31.6 Å². The summed E-state index contributed by atoms with van der Waals surface area (Å²) >= 11 is 0.